The minimum Gasteiger partial charge on any atom is -0.379 e. The van der Waals surface area contributed by atoms with Gasteiger partial charge in [0.25, 0.3) is 5.91 Å². The fourth-order valence-corrected chi connectivity index (χ4v) is 2.95. The van der Waals surface area contributed by atoms with Gasteiger partial charge in [0, 0.05) is 31.5 Å². The van der Waals surface area contributed by atoms with Crippen LogP contribution in [0.3, 0.4) is 0 Å². The second kappa shape index (κ2) is 8.08. The molecule has 0 aromatic carbocycles. The first kappa shape index (κ1) is 16.7. The van der Waals surface area contributed by atoms with Gasteiger partial charge >= 0.3 is 0 Å². The Morgan fingerprint density at radius 2 is 2.17 bits per heavy atom. The topological polar surface area (TPSA) is 70.2 Å². The van der Waals surface area contributed by atoms with Gasteiger partial charge in [0.1, 0.15) is 5.69 Å². The molecule has 2 aromatic rings. The van der Waals surface area contributed by atoms with E-state index in [1.807, 2.05) is 30.3 Å². The lowest BCUT2D eigenvalue weighted by Gasteiger charge is -2.34. The predicted octanol–water partition coefficient (Wildman–Crippen LogP) is 1.78. The van der Waals surface area contributed by atoms with Crippen molar-refractivity contribution in [3.63, 3.8) is 0 Å². The van der Waals surface area contributed by atoms with E-state index in [0.29, 0.717) is 25.5 Å². The molecule has 24 heavy (non-hydrogen) atoms. The minimum absolute atomic E-state index is 0.0552. The zero-order chi connectivity index (χ0) is 16.8. The van der Waals surface area contributed by atoms with Crippen LogP contribution >= 0.6 is 0 Å². The maximum absolute atomic E-state index is 12.4. The minimum atomic E-state index is -0.0797. The molecule has 1 amide bonds. The molecule has 6 heteroatoms. The molecule has 3 rings (SSSR count). The third kappa shape index (κ3) is 4.01. The van der Waals surface area contributed by atoms with E-state index in [2.05, 4.69) is 27.1 Å². The number of nitrogens with zero attached hydrogens (tertiary/aromatic N) is 2. The largest absolute Gasteiger partial charge is 0.379 e. The zero-order valence-corrected chi connectivity index (χ0v) is 14.0. The molecule has 1 aliphatic heterocycles. The van der Waals surface area contributed by atoms with Crippen molar-refractivity contribution in [3.8, 4) is 0 Å². The molecule has 0 saturated carbocycles. The first-order chi connectivity index (χ1) is 11.8. The van der Waals surface area contributed by atoms with Crippen LogP contribution in [-0.2, 0) is 11.2 Å². The predicted molar refractivity (Wildman–Crippen MR) is 91.9 cm³/mol. The lowest BCUT2D eigenvalue weighted by atomic mass is 10.1. The summed E-state index contributed by atoms with van der Waals surface area (Å²) >= 11 is 0. The van der Waals surface area contributed by atoms with Crippen molar-refractivity contribution in [2.75, 3.05) is 32.8 Å². The molecule has 1 saturated heterocycles. The summed E-state index contributed by atoms with van der Waals surface area (Å²) in [7, 11) is 0. The summed E-state index contributed by atoms with van der Waals surface area (Å²) in [5, 5.41) is 3.04. The first-order valence-corrected chi connectivity index (χ1v) is 8.46. The SMILES string of the molecule is CCc1ccc(C(=O)NC[C@@H](c2ccccn2)N2CCOCC2)[nH]1. The van der Waals surface area contributed by atoms with Crippen LogP contribution in [0.1, 0.15) is 34.8 Å². The number of pyridine rings is 1. The molecule has 0 radical (unpaired) electrons. The third-order valence-corrected chi connectivity index (χ3v) is 4.34. The second-order valence-corrected chi connectivity index (χ2v) is 5.88. The van der Waals surface area contributed by atoms with Crippen molar-refractivity contribution in [2.45, 2.75) is 19.4 Å². The summed E-state index contributed by atoms with van der Waals surface area (Å²) in [6.45, 7) is 5.71. The summed E-state index contributed by atoms with van der Waals surface area (Å²) in [5.74, 6) is -0.0797. The molecule has 3 heterocycles. The standard InChI is InChI=1S/C18H24N4O2/c1-2-14-6-7-16(21-14)18(23)20-13-17(15-5-3-4-8-19-15)22-9-11-24-12-10-22/h3-8,17,21H,2,9-13H2,1H3,(H,20,23)/t17-/m0/s1. The van der Waals surface area contributed by atoms with Gasteiger partial charge in [-0.25, -0.2) is 0 Å². The number of aromatic amines is 1. The fraction of sp³-hybridized carbons (Fsp3) is 0.444. The number of ether oxygens (including phenoxy) is 1. The van der Waals surface area contributed by atoms with E-state index in [-0.39, 0.29) is 11.9 Å². The van der Waals surface area contributed by atoms with Crippen molar-refractivity contribution in [1.29, 1.82) is 0 Å². The van der Waals surface area contributed by atoms with Crippen LogP contribution in [0.25, 0.3) is 0 Å². The molecule has 0 unspecified atom stereocenters. The quantitative estimate of drug-likeness (QED) is 0.848. The van der Waals surface area contributed by atoms with Crippen molar-refractivity contribution in [2.24, 2.45) is 0 Å². The average Bonchev–Trinajstić information content (AvgIpc) is 3.13. The highest BCUT2D eigenvalue weighted by Gasteiger charge is 2.24. The summed E-state index contributed by atoms with van der Waals surface area (Å²) in [6, 6.07) is 9.74. The molecule has 0 spiro atoms. The number of carbonyl (C=O) groups excluding carboxylic acids is 1. The maximum atomic E-state index is 12.4. The normalized spacial score (nSPS) is 16.7. The zero-order valence-electron chi connectivity index (χ0n) is 14.0. The van der Waals surface area contributed by atoms with Gasteiger partial charge in [0.05, 0.1) is 24.9 Å². The highest BCUT2D eigenvalue weighted by Crippen LogP contribution is 2.19. The molecule has 2 aromatic heterocycles. The van der Waals surface area contributed by atoms with Crippen LogP contribution in [0.5, 0.6) is 0 Å². The van der Waals surface area contributed by atoms with E-state index in [1.54, 1.807) is 6.20 Å². The highest BCUT2D eigenvalue weighted by atomic mass is 16.5. The van der Waals surface area contributed by atoms with E-state index in [9.17, 15) is 4.79 Å². The van der Waals surface area contributed by atoms with Crippen LogP contribution in [0.4, 0.5) is 0 Å². The number of H-pyrrole nitrogens is 1. The third-order valence-electron chi connectivity index (χ3n) is 4.34. The van der Waals surface area contributed by atoms with E-state index < -0.39 is 0 Å². The number of aryl methyl sites for hydroxylation is 1. The second-order valence-electron chi connectivity index (χ2n) is 5.88. The van der Waals surface area contributed by atoms with E-state index in [0.717, 1.165) is 30.9 Å². The van der Waals surface area contributed by atoms with Crippen LogP contribution in [-0.4, -0.2) is 53.6 Å². The molecule has 2 N–H and O–H groups in total. The van der Waals surface area contributed by atoms with E-state index >= 15 is 0 Å². The number of carbonyl (C=O) groups is 1. The van der Waals surface area contributed by atoms with Crippen molar-refractivity contribution in [1.82, 2.24) is 20.2 Å². The maximum Gasteiger partial charge on any atom is 0.267 e. The monoisotopic (exact) mass is 328 g/mol. The van der Waals surface area contributed by atoms with Gasteiger partial charge in [-0.1, -0.05) is 13.0 Å². The fourth-order valence-electron chi connectivity index (χ4n) is 2.95. The van der Waals surface area contributed by atoms with Crippen molar-refractivity contribution >= 4 is 5.91 Å². The number of nitrogens with one attached hydrogen (secondary N) is 2. The Labute approximate surface area is 142 Å². The highest BCUT2D eigenvalue weighted by molar-refractivity contribution is 5.92. The molecule has 1 atom stereocenters. The van der Waals surface area contributed by atoms with Gasteiger partial charge in [-0.3, -0.25) is 14.7 Å². The van der Waals surface area contributed by atoms with Crippen LogP contribution < -0.4 is 5.32 Å². The molecular formula is C18H24N4O2. The first-order valence-electron chi connectivity index (χ1n) is 8.46. The molecule has 1 fully saturated rings. The molecule has 6 nitrogen and oxygen atoms in total. The van der Waals surface area contributed by atoms with Crippen LogP contribution in [0, 0.1) is 0 Å². The Hall–Kier alpha value is -2.18. The van der Waals surface area contributed by atoms with Gasteiger partial charge < -0.3 is 15.0 Å². The van der Waals surface area contributed by atoms with E-state index in [1.165, 1.54) is 0 Å². The number of rotatable bonds is 6. The number of hydrogen-bond donors (Lipinski definition) is 2. The van der Waals surface area contributed by atoms with Gasteiger partial charge in [-0.05, 0) is 30.7 Å². The Morgan fingerprint density at radius 3 is 2.83 bits per heavy atom. The molecule has 0 bridgehead atoms. The van der Waals surface area contributed by atoms with Crippen molar-refractivity contribution < 1.29 is 9.53 Å². The number of aromatic nitrogens is 2. The summed E-state index contributed by atoms with van der Waals surface area (Å²) in [4.78, 5) is 22.3. The molecule has 128 valence electrons. The molecule has 0 aliphatic carbocycles. The summed E-state index contributed by atoms with van der Waals surface area (Å²) < 4.78 is 5.44. The number of morpholine rings is 1. The molecular weight excluding hydrogens is 304 g/mol. The summed E-state index contributed by atoms with van der Waals surface area (Å²) in [6.07, 6.45) is 2.68. The van der Waals surface area contributed by atoms with Gasteiger partial charge in [0.2, 0.25) is 0 Å². The number of hydrogen-bond acceptors (Lipinski definition) is 4. The van der Waals surface area contributed by atoms with Gasteiger partial charge in [-0.15, -0.1) is 0 Å². The Bertz CT molecular complexity index is 650. The van der Waals surface area contributed by atoms with Crippen LogP contribution in [0.15, 0.2) is 36.5 Å². The lowest BCUT2D eigenvalue weighted by molar-refractivity contribution is 0.0153. The number of amides is 1. The van der Waals surface area contributed by atoms with Gasteiger partial charge in [0.15, 0.2) is 0 Å². The average molecular weight is 328 g/mol. The Balaban J connectivity index is 1.68. The Morgan fingerprint density at radius 1 is 1.33 bits per heavy atom. The summed E-state index contributed by atoms with van der Waals surface area (Å²) in [5.41, 5.74) is 2.64. The smallest absolute Gasteiger partial charge is 0.267 e. The molecule has 1 aliphatic rings. The Kier molecular flexibility index (Phi) is 5.61. The lowest BCUT2D eigenvalue weighted by Crippen LogP contribution is -2.44. The van der Waals surface area contributed by atoms with E-state index in [4.69, 9.17) is 4.74 Å². The van der Waals surface area contributed by atoms with Gasteiger partial charge in [-0.2, -0.15) is 0 Å². The van der Waals surface area contributed by atoms with Crippen molar-refractivity contribution in [3.05, 3.63) is 53.6 Å². The van der Waals surface area contributed by atoms with Crippen LogP contribution in [0.2, 0.25) is 0 Å².